The normalized spacial score (nSPS) is 3.00. The molecule has 0 heterocycles. The summed E-state index contributed by atoms with van der Waals surface area (Å²) in [4.78, 5) is 2.37. The van der Waals surface area contributed by atoms with Gasteiger partial charge in [-0.25, -0.2) is 5.92 Å². The van der Waals surface area contributed by atoms with Crippen molar-refractivity contribution in [3.05, 3.63) is 6.42 Å². The Morgan fingerprint density at radius 2 is 1.75 bits per heavy atom. The minimum atomic E-state index is 0. The van der Waals surface area contributed by atoms with Gasteiger partial charge in [0.25, 0.3) is 0 Å². The van der Waals surface area contributed by atoms with Crippen molar-refractivity contribution in [2.75, 3.05) is 0 Å². The monoisotopic (exact) mass is 240 g/mol. The molecule has 0 aliphatic heterocycles. The summed E-state index contributed by atoms with van der Waals surface area (Å²) in [5, 5.41) is 0. The van der Waals surface area contributed by atoms with Crippen LogP contribution in [-0.2, 0) is 32.7 Å². The van der Waals surface area contributed by atoms with Gasteiger partial charge in [0.2, 0.25) is 0 Å². The SMILES string of the molecule is [C-]#CC#CC#CBr.[Y]. The molecule has 0 rings (SSSR count). The Morgan fingerprint density at radius 3 is 2.12 bits per heavy atom. The summed E-state index contributed by atoms with van der Waals surface area (Å²) in [7, 11) is 0. The van der Waals surface area contributed by atoms with Crippen LogP contribution in [0.2, 0.25) is 0 Å². The van der Waals surface area contributed by atoms with E-state index in [1.807, 2.05) is 5.92 Å². The molecule has 0 atom stereocenters. The van der Waals surface area contributed by atoms with E-state index in [-0.39, 0.29) is 32.7 Å². The van der Waals surface area contributed by atoms with Crippen LogP contribution in [0.25, 0.3) is 0 Å². The first-order chi connectivity index (χ1) is 3.41. The minimum Gasteiger partial charge on any atom is -0.358 e. The van der Waals surface area contributed by atoms with Gasteiger partial charge in [-0.15, -0.1) is 5.92 Å². The van der Waals surface area contributed by atoms with E-state index in [0.717, 1.165) is 0 Å². The van der Waals surface area contributed by atoms with Crippen LogP contribution in [-0.4, -0.2) is 0 Å². The maximum absolute atomic E-state index is 6.27. The van der Waals surface area contributed by atoms with E-state index >= 15 is 0 Å². The second-order valence-corrected chi connectivity index (χ2v) is 0.991. The van der Waals surface area contributed by atoms with Gasteiger partial charge in [-0.2, -0.15) is 0 Å². The molecule has 0 aliphatic rings. The van der Waals surface area contributed by atoms with E-state index in [1.165, 1.54) is 0 Å². The molecule has 0 aromatic heterocycles. The van der Waals surface area contributed by atoms with Crippen LogP contribution in [0.4, 0.5) is 0 Å². The standard InChI is InChI=1S/C6Br.Y/c1-2-3-4-5-6-7;/q-1;. The van der Waals surface area contributed by atoms with Crippen LogP contribution in [0.3, 0.4) is 0 Å². The summed E-state index contributed by atoms with van der Waals surface area (Å²) in [6, 6.07) is 0. The van der Waals surface area contributed by atoms with Gasteiger partial charge in [-0.05, 0) is 10.8 Å². The smallest absolute Gasteiger partial charge is 0.0116 e. The van der Waals surface area contributed by atoms with Crippen molar-refractivity contribution in [1.82, 2.24) is 0 Å². The summed E-state index contributed by atoms with van der Waals surface area (Å²) in [6.07, 6.45) is 6.27. The van der Waals surface area contributed by atoms with E-state index in [1.54, 1.807) is 0 Å². The van der Waals surface area contributed by atoms with Crippen molar-refractivity contribution in [3.8, 4) is 28.5 Å². The first-order valence-corrected chi connectivity index (χ1v) is 2.23. The van der Waals surface area contributed by atoms with E-state index in [4.69, 9.17) is 6.42 Å². The molecular weight excluding hydrogens is 241 g/mol. The molecule has 0 saturated heterocycles. The van der Waals surface area contributed by atoms with Crippen molar-refractivity contribution < 1.29 is 32.7 Å². The molecular formula is C6BrY-. The first kappa shape index (κ1) is 11.1. The Bertz CT molecular complexity index is 191. The van der Waals surface area contributed by atoms with Gasteiger partial charge in [0.05, 0.1) is 0 Å². The Balaban J connectivity index is 0. The Labute approximate surface area is 82.8 Å². The quantitative estimate of drug-likeness (QED) is 0.437. The number of hydrogen-bond acceptors (Lipinski definition) is 0. The Hall–Kier alpha value is 0.264. The zero-order valence-electron chi connectivity index (χ0n) is 3.96. The van der Waals surface area contributed by atoms with Crippen LogP contribution < -0.4 is 0 Å². The number of hydrogen-bond donors (Lipinski definition) is 0. The average Bonchev–Trinajstić information content (AvgIpc) is 1.69. The van der Waals surface area contributed by atoms with Crippen LogP contribution in [0.5, 0.6) is 0 Å². The molecule has 0 bridgehead atoms. The summed E-state index contributed by atoms with van der Waals surface area (Å²) < 4.78 is 0. The van der Waals surface area contributed by atoms with Crippen LogP contribution in [0.1, 0.15) is 0 Å². The van der Waals surface area contributed by atoms with Crippen molar-refractivity contribution in [2.45, 2.75) is 0 Å². The fourth-order valence-corrected chi connectivity index (χ4v) is 0.185. The first-order valence-electron chi connectivity index (χ1n) is 1.44. The number of halogens is 1. The number of rotatable bonds is 0. The summed E-state index contributed by atoms with van der Waals surface area (Å²) >= 11 is 2.83. The Morgan fingerprint density at radius 1 is 1.12 bits per heavy atom. The van der Waals surface area contributed by atoms with E-state index < -0.39 is 0 Å². The third-order valence-corrected chi connectivity index (χ3v) is 0.433. The van der Waals surface area contributed by atoms with Gasteiger partial charge in [-0.1, -0.05) is 0 Å². The second kappa shape index (κ2) is 10.3. The Kier molecular flexibility index (Phi) is 14.3. The van der Waals surface area contributed by atoms with Crippen LogP contribution in [0.15, 0.2) is 0 Å². The topological polar surface area (TPSA) is 0 Å². The second-order valence-electron chi connectivity index (χ2n) is 0.594. The van der Waals surface area contributed by atoms with Crippen molar-refractivity contribution in [3.63, 3.8) is 0 Å². The maximum Gasteiger partial charge on any atom is 0.0116 e. The predicted molar refractivity (Wildman–Crippen MR) is 31.6 cm³/mol. The van der Waals surface area contributed by atoms with Gasteiger partial charge in [0, 0.05) is 48.6 Å². The molecule has 0 unspecified atom stereocenters. The molecule has 0 fully saturated rings. The summed E-state index contributed by atoms with van der Waals surface area (Å²) in [6.45, 7) is 0. The zero-order chi connectivity index (χ0) is 5.54. The van der Waals surface area contributed by atoms with Crippen LogP contribution >= 0.6 is 15.9 Å². The van der Waals surface area contributed by atoms with Gasteiger partial charge in [-0.3, -0.25) is 5.92 Å². The van der Waals surface area contributed by atoms with Crippen molar-refractivity contribution in [2.24, 2.45) is 0 Å². The largest absolute Gasteiger partial charge is 0.358 e. The maximum atomic E-state index is 6.27. The molecule has 0 amide bonds. The molecule has 0 nitrogen and oxygen atoms in total. The van der Waals surface area contributed by atoms with Crippen LogP contribution in [0, 0.1) is 34.9 Å². The molecule has 0 saturated carbocycles. The van der Waals surface area contributed by atoms with Gasteiger partial charge in [0.15, 0.2) is 0 Å². The molecule has 0 spiro atoms. The molecule has 1 radical (unpaired) electrons. The molecule has 0 aromatic carbocycles. The fraction of sp³-hybridized carbons (Fsp3) is 0. The zero-order valence-corrected chi connectivity index (χ0v) is 8.38. The predicted octanol–water partition coefficient (Wildman–Crippen LogP) is 0.933. The van der Waals surface area contributed by atoms with Crippen molar-refractivity contribution >= 4 is 15.9 Å². The van der Waals surface area contributed by atoms with E-state index in [0.29, 0.717) is 0 Å². The minimum absolute atomic E-state index is 0. The molecule has 0 aromatic rings. The molecule has 8 heavy (non-hydrogen) atoms. The molecule has 35 valence electrons. The third-order valence-electron chi connectivity index (χ3n) is 0.235. The van der Waals surface area contributed by atoms with Crippen molar-refractivity contribution in [1.29, 1.82) is 0 Å². The molecule has 2 heteroatoms. The average molecular weight is 241 g/mol. The molecule has 0 aliphatic carbocycles. The van der Waals surface area contributed by atoms with E-state index in [2.05, 4.69) is 38.5 Å². The third kappa shape index (κ3) is 9.55. The van der Waals surface area contributed by atoms with Gasteiger partial charge < -0.3 is 6.42 Å². The summed E-state index contributed by atoms with van der Waals surface area (Å²) in [5.74, 6) is 8.78. The van der Waals surface area contributed by atoms with Gasteiger partial charge >= 0.3 is 0 Å². The summed E-state index contributed by atoms with van der Waals surface area (Å²) in [5.41, 5.74) is 0. The van der Waals surface area contributed by atoms with Gasteiger partial charge in [0.1, 0.15) is 0 Å². The fourth-order valence-electron chi connectivity index (χ4n) is 0.0861. The van der Waals surface area contributed by atoms with E-state index in [9.17, 15) is 0 Å². The molecule has 0 N–H and O–H groups in total.